The molecule has 0 saturated heterocycles. The SMILES string of the molecule is O=C(CNC(=O)C1CCCC1)NCC1(c2ccccc2)CC1. The van der Waals surface area contributed by atoms with Gasteiger partial charge in [0, 0.05) is 17.9 Å². The Morgan fingerprint density at radius 1 is 1.05 bits per heavy atom. The van der Waals surface area contributed by atoms with Gasteiger partial charge in [-0.05, 0) is 31.2 Å². The van der Waals surface area contributed by atoms with E-state index in [4.69, 9.17) is 0 Å². The Hall–Kier alpha value is -1.84. The second-order valence-corrected chi connectivity index (χ2v) is 6.62. The minimum atomic E-state index is -0.0893. The van der Waals surface area contributed by atoms with Crippen molar-refractivity contribution in [3.8, 4) is 0 Å². The van der Waals surface area contributed by atoms with Crippen LogP contribution in [0.15, 0.2) is 30.3 Å². The molecule has 0 aliphatic heterocycles. The molecule has 1 aromatic carbocycles. The van der Waals surface area contributed by atoms with Gasteiger partial charge in [0.15, 0.2) is 0 Å². The lowest BCUT2D eigenvalue weighted by atomic mass is 9.96. The maximum atomic E-state index is 11.9. The number of nitrogens with one attached hydrogen (secondary N) is 2. The molecule has 0 spiro atoms. The van der Waals surface area contributed by atoms with Crippen LogP contribution in [0, 0.1) is 5.92 Å². The second-order valence-electron chi connectivity index (χ2n) is 6.62. The molecule has 0 unspecified atom stereocenters. The fraction of sp³-hybridized carbons (Fsp3) is 0.556. The number of rotatable bonds is 6. The molecule has 0 atom stereocenters. The summed E-state index contributed by atoms with van der Waals surface area (Å²) in [6.45, 7) is 0.759. The van der Waals surface area contributed by atoms with Gasteiger partial charge >= 0.3 is 0 Å². The van der Waals surface area contributed by atoms with Gasteiger partial charge in [0.25, 0.3) is 0 Å². The van der Waals surface area contributed by atoms with E-state index in [0.717, 1.165) is 38.5 Å². The van der Waals surface area contributed by atoms with Crippen LogP contribution in [0.1, 0.15) is 44.1 Å². The lowest BCUT2D eigenvalue weighted by Crippen LogP contribution is -2.41. The van der Waals surface area contributed by atoms with Crippen molar-refractivity contribution in [2.75, 3.05) is 13.1 Å². The van der Waals surface area contributed by atoms with E-state index >= 15 is 0 Å². The third-order valence-electron chi connectivity index (χ3n) is 5.01. The zero-order valence-electron chi connectivity index (χ0n) is 12.9. The first-order valence-electron chi connectivity index (χ1n) is 8.30. The van der Waals surface area contributed by atoms with Crippen LogP contribution in [0.5, 0.6) is 0 Å². The number of hydrogen-bond donors (Lipinski definition) is 2. The standard InChI is InChI=1S/C18H24N2O2/c21-16(12-19-17(22)14-6-4-5-7-14)20-13-18(10-11-18)15-8-2-1-3-9-15/h1-3,8-9,14H,4-7,10-13H2,(H,19,22)(H,20,21). The monoisotopic (exact) mass is 300 g/mol. The van der Waals surface area contributed by atoms with Crippen LogP contribution >= 0.6 is 0 Å². The summed E-state index contributed by atoms with van der Waals surface area (Å²) in [4.78, 5) is 23.8. The number of hydrogen-bond acceptors (Lipinski definition) is 2. The van der Waals surface area contributed by atoms with E-state index in [1.54, 1.807) is 0 Å². The number of amides is 2. The van der Waals surface area contributed by atoms with Crippen molar-refractivity contribution in [1.29, 1.82) is 0 Å². The first kappa shape index (κ1) is 15.1. The van der Waals surface area contributed by atoms with Crippen LogP contribution in [-0.2, 0) is 15.0 Å². The zero-order valence-corrected chi connectivity index (χ0v) is 12.9. The molecule has 1 aromatic rings. The Morgan fingerprint density at radius 3 is 2.36 bits per heavy atom. The molecule has 0 heterocycles. The van der Waals surface area contributed by atoms with Crippen molar-refractivity contribution in [2.45, 2.75) is 43.9 Å². The molecule has 0 radical (unpaired) electrons. The van der Waals surface area contributed by atoms with E-state index in [2.05, 4.69) is 22.8 Å². The van der Waals surface area contributed by atoms with Crippen molar-refractivity contribution < 1.29 is 9.59 Å². The van der Waals surface area contributed by atoms with E-state index in [1.807, 2.05) is 18.2 Å². The summed E-state index contributed by atoms with van der Waals surface area (Å²) in [5.41, 5.74) is 1.41. The quantitative estimate of drug-likeness (QED) is 0.845. The Balaban J connectivity index is 1.42. The van der Waals surface area contributed by atoms with Crippen molar-refractivity contribution in [3.05, 3.63) is 35.9 Å². The molecule has 2 fully saturated rings. The molecule has 3 rings (SSSR count). The van der Waals surface area contributed by atoms with Crippen LogP contribution in [0.25, 0.3) is 0 Å². The van der Waals surface area contributed by atoms with Crippen LogP contribution in [0.4, 0.5) is 0 Å². The Morgan fingerprint density at radius 2 is 1.73 bits per heavy atom. The van der Waals surface area contributed by atoms with Crippen molar-refractivity contribution in [2.24, 2.45) is 5.92 Å². The van der Waals surface area contributed by atoms with Gasteiger partial charge in [-0.3, -0.25) is 9.59 Å². The number of carbonyl (C=O) groups is 2. The van der Waals surface area contributed by atoms with Gasteiger partial charge in [0.05, 0.1) is 6.54 Å². The lowest BCUT2D eigenvalue weighted by molar-refractivity contribution is -0.128. The van der Waals surface area contributed by atoms with Gasteiger partial charge < -0.3 is 10.6 Å². The number of benzene rings is 1. The topological polar surface area (TPSA) is 58.2 Å². The van der Waals surface area contributed by atoms with E-state index in [9.17, 15) is 9.59 Å². The highest BCUT2D eigenvalue weighted by molar-refractivity contribution is 5.85. The van der Waals surface area contributed by atoms with Crippen molar-refractivity contribution >= 4 is 11.8 Å². The van der Waals surface area contributed by atoms with Gasteiger partial charge in [-0.25, -0.2) is 0 Å². The third-order valence-corrected chi connectivity index (χ3v) is 5.01. The summed E-state index contributed by atoms with van der Waals surface area (Å²) >= 11 is 0. The fourth-order valence-electron chi connectivity index (χ4n) is 3.34. The summed E-state index contributed by atoms with van der Waals surface area (Å²) in [5, 5.41) is 5.75. The first-order chi connectivity index (χ1) is 10.7. The molecule has 2 aliphatic carbocycles. The van der Waals surface area contributed by atoms with E-state index < -0.39 is 0 Å². The van der Waals surface area contributed by atoms with Gasteiger partial charge in [-0.2, -0.15) is 0 Å². The highest BCUT2D eigenvalue weighted by Gasteiger charge is 2.44. The number of carbonyl (C=O) groups excluding carboxylic acids is 2. The lowest BCUT2D eigenvalue weighted by Gasteiger charge is -2.17. The Labute approximate surface area is 131 Å². The maximum Gasteiger partial charge on any atom is 0.239 e. The van der Waals surface area contributed by atoms with Gasteiger partial charge in [-0.1, -0.05) is 43.2 Å². The summed E-state index contributed by atoms with van der Waals surface area (Å²) < 4.78 is 0. The minimum absolute atomic E-state index is 0.0387. The Bertz CT molecular complexity index is 531. The summed E-state index contributed by atoms with van der Waals surface area (Å²) in [5.74, 6) is 0.0669. The van der Waals surface area contributed by atoms with Crippen molar-refractivity contribution in [1.82, 2.24) is 10.6 Å². The highest BCUT2D eigenvalue weighted by atomic mass is 16.2. The highest BCUT2D eigenvalue weighted by Crippen LogP contribution is 2.47. The van der Waals surface area contributed by atoms with Crippen molar-refractivity contribution in [3.63, 3.8) is 0 Å². The van der Waals surface area contributed by atoms with Gasteiger partial charge in [-0.15, -0.1) is 0 Å². The van der Waals surface area contributed by atoms with Crippen LogP contribution in [-0.4, -0.2) is 24.9 Å². The fourth-order valence-corrected chi connectivity index (χ4v) is 3.34. The molecule has 22 heavy (non-hydrogen) atoms. The molecular formula is C18H24N2O2. The first-order valence-corrected chi connectivity index (χ1v) is 8.30. The third kappa shape index (κ3) is 3.49. The van der Waals surface area contributed by atoms with E-state index in [1.165, 1.54) is 5.56 Å². The Kier molecular flexibility index (Phi) is 4.46. The molecule has 4 heteroatoms. The molecule has 0 aromatic heterocycles. The molecule has 4 nitrogen and oxygen atoms in total. The molecule has 2 N–H and O–H groups in total. The predicted octanol–water partition coefficient (Wildman–Crippen LogP) is 2.14. The molecule has 2 aliphatic rings. The molecule has 118 valence electrons. The molecule has 2 amide bonds. The average molecular weight is 300 g/mol. The van der Waals surface area contributed by atoms with Gasteiger partial charge in [0.2, 0.25) is 11.8 Å². The minimum Gasteiger partial charge on any atom is -0.354 e. The summed E-state index contributed by atoms with van der Waals surface area (Å²) in [6, 6.07) is 10.3. The zero-order chi connectivity index (χ0) is 15.4. The van der Waals surface area contributed by atoms with E-state index in [0.29, 0.717) is 6.54 Å². The average Bonchev–Trinajstić information content (AvgIpc) is 3.15. The van der Waals surface area contributed by atoms with Crippen LogP contribution in [0.3, 0.4) is 0 Å². The normalized spacial score (nSPS) is 19.6. The maximum absolute atomic E-state index is 11.9. The molecule has 2 saturated carbocycles. The van der Waals surface area contributed by atoms with E-state index in [-0.39, 0.29) is 29.7 Å². The second kappa shape index (κ2) is 6.51. The predicted molar refractivity (Wildman–Crippen MR) is 85.3 cm³/mol. The molecule has 0 bridgehead atoms. The summed E-state index contributed by atoms with van der Waals surface area (Å²) in [6.07, 6.45) is 6.42. The largest absolute Gasteiger partial charge is 0.354 e. The van der Waals surface area contributed by atoms with Crippen LogP contribution < -0.4 is 10.6 Å². The van der Waals surface area contributed by atoms with Crippen LogP contribution in [0.2, 0.25) is 0 Å². The summed E-state index contributed by atoms with van der Waals surface area (Å²) in [7, 11) is 0. The smallest absolute Gasteiger partial charge is 0.239 e. The molecular weight excluding hydrogens is 276 g/mol. The van der Waals surface area contributed by atoms with Gasteiger partial charge in [0.1, 0.15) is 0 Å².